The number of aromatic nitrogens is 3. The summed E-state index contributed by atoms with van der Waals surface area (Å²) in [6.45, 7) is 0. The van der Waals surface area contributed by atoms with Crippen LogP contribution in [-0.4, -0.2) is 14.5 Å². The fourth-order valence-corrected chi connectivity index (χ4v) is 1.37. The van der Waals surface area contributed by atoms with Crippen LogP contribution < -0.4 is 0 Å². The summed E-state index contributed by atoms with van der Waals surface area (Å²) >= 11 is 5.67. The van der Waals surface area contributed by atoms with Crippen molar-refractivity contribution in [3.8, 4) is 11.4 Å². The minimum Gasteiger partial charge on any atom is -0.334 e. The van der Waals surface area contributed by atoms with Crippen molar-refractivity contribution in [2.45, 2.75) is 0 Å². The smallest absolute Gasteiger partial charge is 0.152 e. The summed E-state index contributed by atoms with van der Waals surface area (Å²) in [5, 5.41) is 0.254. The Hall–Kier alpha value is -1.42. The first-order chi connectivity index (χ1) is 6.68. The lowest BCUT2D eigenvalue weighted by Gasteiger charge is -2.02. The van der Waals surface area contributed by atoms with Crippen molar-refractivity contribution in [2.75, 3.05) is 0 Å². The second kappa shape index (κ2) is 3.38. The predicted octanol–water partition coefficient (Wildman–Crippen LogP) is 2.27. The molecule has 5 heteroatoms. The molecule has 0 spiro atoms. The molecule has 0 N–H and O–H groups in total. The lowest BCUT2D eigenvalue weighted by atomic mass is 10.2. The molecule has 0 saturated carbocycles. The van der Waals surface area contributed by atoms with Crippen LogP contribution in [0.25, 0.3) is 11.4 Å². The average Bonchev–Trinajstić information content (AvgIpc) is 2.56. The molecule has 0 unspecified atom stereocenters. The maximum atomic E-state index is 13.3. The van der Waals surface area contributed by atoms with Crippen molar-refractivity contribution in [2.24, 2.45) is 7.05 Å². The van der Waals surface area contributed by atoms with E-state index < -0.39 is 5.82 Å². The van der Waals surface area contributed by atoms with Crippen LogP contribution in [-0.2, 0) is 7.05 Å². The number of pyridine rings is 1. The van der Waals surface area contributed by atoms with Crippen LogP contribution in [0, 0.1) is 5.82 Å². The fourth-order valence-electron chi connectivity index (χ4n) is 1.21. The maximum absolute atomic E-state index is 13.3. The third-order valence-corrected chi connectivity index (χ3v) is 2.09. The molecular formula is C9H7ClFN3. The molecule has 0 saturated heterocycles. The number of rotatable bonds is 1. The van der Waals surface area contributed by atoms with Crippen molar-refractivity contribution in [3.05, 3.63) is 35.6 Å². The third kappa shape index (κ3) is 1.48. The van der Waals surface area contributed by atoms with E-state index in [1.54, 1.807) is 24.0 Å². The highest BCUT2D eigenvalue weighted by atomic mass is 35.5. The molecule has 14 heavy (non-hydrogen) atoms. The maximum Gasteiger partial charge on any atom is 0.152 e. The second-order valence-electron chi connectivity index (χ2n) is 2.85. The normalized spacial score (nSPS) is 10.5. The van der Waals surface area contributed by atoms with E-state index in [0.717, 1.165) is 6.20 Å². The molecular weight excluding hydrogens is 205 g/mol. The van der Waals surface area contributed by atoms with Crippen LogP contribution in [0.5, 0.6) is 0 Å². The Bertz CT molecular complexity index is 467. The van der Waals surface area contributed by atoms with Gasteiger partial charge in [-0.25, -0.2) is 14.4 Å². The van der Waals surface area contributed by atoms with Gasteiger partial charge in [0, 0.05) is 19.4 Å². The predicted molar refractivity (Wildman–Crippen MR) is 51.4 cm³/mol. The van der Waals surface area contributed by atoms with Crippen LogP contribution in [0.1, 0.15) is 0 Å². The van der Waals surface area contributed by atoms with Crippen molar-refractivity contribution in [3.63, 3.8) is 0 Å². The van der Waals surface area contributed by atoms with E-state index in [0.29, 0.717) is 11.4 Å². The Morgan fingerprint density at radius 3 is 2.86 bits per heavy atom. The van der Waals surface area contributed by atoms with E-state index >= 15 is 0 Å². The summed E-state index contributed by atoms with van der Waals surface area (Å²) in [7, 11) is 1.79. The number of aryl methyl sites for hydroxylation is 1. The number of hydrogen-bond donors (Lipinski definition) is 0. The number of hydrogen-bond acceptors (Lipinski definition) is 2. The first-order valence-electron chi connectivity index (χ1n) is 3.97. The van der Waals surface area contributed by atoms with Gasteiger partial charge in [0.1, 0.15) is 11.0 Å². The summed E-state index contributed by atoms with van der Waals surface area (Å²) in [6, 6.07) is 1.46. The Balaban J connectivity index is 2.62. The highest BCUT2D eigenvalue weighted by Gasteiger charge is 2.10. The molecule has 0 fully saturated rings. The second-order valence-corrected chi connectivity index (χ2v) is 3.24. The zero-order valence-corrected chi connectivity index (χ0v) is 8.16. The molecule has 0 aromatic carbocycles. The Morgan fingerprint density at radius 2 is 2.21 bits per heavy atom. The Morgan fingerprint density at radius 1 is 1.43 bits per heavy atom. The molecule has 2 heterocycles. The molecule has 2 rings (SSSR count). The third-order valence-electron chi connectivity index (χ3n) is 1.88. The molecule has 0 aliphatic carbocycles. The SMILES string of the molecule is Cn1ccnc1-c1cc(Cl)ncc1F. The van der Waals surface area contributed by atoms with Crippen molar-refractivity contribution in [1.29, 1.82) is 0 Å². The summed E-state index contributed by atoms with van der Waals surface area (Å²) < 4.78 is 15.1. The van der Waals surface area contributed by atoms with E-state index in [1.807, 2.05) is 0 Å². The standard InChI is InChI=1S/C9H7ClFN3/c1-14-3-2-12-9(14)6-4-8(10)13-5-7(6)11/h2-5H,1H3. The van der Waals surface area contributed by atoms with E-state index in [1.165, 1.54) is 6.07 Å². The van der Waals surface area contributed by atoms with Crippen LogP contribution in [0.4, 0.5) is 4.39 Å². The summed E-state index contributed by atoms with van der Waals surface area (Å²) in [4.78, 5) is 7.66. The largest absolute Gasteiger partial charge is 0.334 e. The lowest BCUT2D eigenvalue weighted by molar-refractivity contribution is 0.622. The van der Waals surface area contributed by atoms with Gasteiger partial charge in [-0.2, -0.15) is 0 Å². The number of halogens is 2. The molecule has 0 bridgehead atoms. The van der Waals surface area contributed by atoms with Gasteiger partial charge in [0.15, 0.2) is 5.82 Å². The number of nitrogens with zero attached hydrogens (tertiary/aromatic N) is 3. The van der Waals surface area contributed by atoms with Crippen molar-refractivity contribution < 1.29 is 4.39 Å². The lowest BCUT2D eigenvalue weighted by Crippen LogP contribution is -1.95. The summed E-state index contributed by atoms with van der Waals surface area (Å²) in [6.07, 6.45) is 4.43. The zero-order chi connectivity index (χ0) is 10.1. The van der Waals surface area contributed by atoms with Gasteiger partial charge >= 0.3 is 0 Å². The monoisotopic (exact) mass is 211 g/mol. The molecule has 2 aromatic heterocycles. The number of imidazole rings is 1. The minimum absolute atomic E-state index is 0.254. The van der Waals surface area contributed by atoms with Crippen molar-refractivity contribution in [1.82, 2.24) is 14.5 Å². The highest BCUT2D eigenvalue weighted by molar-refractivity contribution is 6.29. The Labute approximate surface area is 85.2 Å². The van der Waals surface area contributed by atoms with Gasteiger partial charge in [0.2, 0.25) is 0 Å². The summed E-state index contributed by atoms with van der Waals surface area (Å²) in [5.41, 5.74) is 0.359. The first kappa shape index (κ1) is 9.15. The summed E-state index contributed by atoms with van der Waals surface area (Å²) in [5.74, 6) is 0.107. The fraction of sp³-hybridized carbons (Fsp3) is 0.111. The average molecular weight is 212 g/mol. The molecule has 72 valence electrons. The van der Waals surface area contributed by atoms with E-state index in [4.69, 9.17) is 11.6 Å². The van der Waals surface area contributed by atoms with E-state index in [9.17, 15) is 4.39 Å². The Kier molecular flexibility index (Phi) is 2.21. The van der Waals surface area contributed by atoms with E-state index in [-0.39, 0.29) is 5.15 Å². The van der Waals surface area contributed by atoms with Crippen molar-refractivity contribution >= 4 is 11.6 Å². The first-order valence-corrected chi connectivity index (χ1v) is 4.35. The van der Waals surface area contributed by atoms with Crippen LogP contribution >= 0.6 is 11.6 Å². The zero-order valence-electron chi connectivity index (χ0n) is 7.41. The van der Waals surface area contributed by atoms with Gasteiger partial charge in [0.25, 0.3) is 0 Å². The minimum atomic E-state index is -0.427. The van der Waals surface area contributed by atoms with Gasteiger partial charge in [0.05, 0.1) is 11.8 Å². The molecule has 0 amide bonds. The van der Waals surface area contributed by atoms with Crippen LogP contribution in [0.3, 0.4) is 0 Å². The molecule has 0 radical (unpaired) electrons. The quantitative estimate of drug-likeness (QED) is 0.678. The highest BCUT2D eigenvalue weighted by Crippen LogP contribution is 2.22. The molecule has 0 aliphatic rings. The van der Waals surface area contributed by atoms with Crippen LogP contribution in [0.15, 0.2) is 24.7 Å². The van der Waals surface area contributed by atoms with Gasteiger partial charge < -0.3 is 4.57 Å². The molecule has 3 nitrogen and oxygen atoms in total. The molecule has 2 aromatic rings. The van der Waals surface area contributed by atoms with Gasteiger partial charge in [-0.3, -0.25) is 0 Å². The molecule has 0 aliphatic heterocycles. The van der Waals surface area contributed by atoms with Gasteiger partial charge in [-0.15, -0.1) is 0 Å². The van der Waals surface area contributed by atoms with E-state index in [2.05, 4.69) is 9.97 Å². The molecule has 0 atom stereocenters. The topological polar surface area (TPSA) is 30.7 Å². The van der Waals surface area contributed by atoms with Crippen LogP contribution in [0.2, 0.25) is 5.15 Å². The van der Waals surface area contributed by atoms with Gasteiger partial charge in [-0.05, 0) is 6.07 Å². The van der Waals surface area contributed by atoms with Gasteiger partial charge in [-0.1, -0.05) is 11.6 Å².